The molecule has 0 aromatic heterocycles. The zero-order chi connectivity index (χ0) is 12.5. The number of nitrogens with one attached hydrogen (secondary N) is 2. The van der Waals surface area contributed by atoms with Crippen LogP contribution in [0.4, 0.5) is 0 Å². The Balaban J connectivity index is 1.85. The van der Waals surface area contributed by atoms with Gasteiger partial charge in [-0.15, -0.1) is 0 Å². The first-order valence-electron chi connectivity index (χ1n) is 6.99. The monoisotopic (exact) mass is 238 g/mol. The van der Waals surface area contributed by atoms with E-state index in [4.69, 9.17) is 0 Å². The molecule has 2 aliphatic rings. The second-order valence-electron chi connectivity index (χ2n) is 6.56. The van der Waals surface area contributed by atoms with Gasteiger partial charge >= 0.3 is 0 Å². The van der Waals surface area contributed by atoms with Crippen molar-refractivity contribution in [3.05, 3.63) is 0 Å². The van der Waals surface area contributed by atoms with Crippen LogP contribution in [0, 0.1) is 16.7 Å². The fourth-order valence-corrected chi connectivity index (χ4v) is 3.07. The van der Waals surface area contributed by atoms with E-state index >= 15 is 0 Å². The standard InChI is InChI=1S/C14H26N2O/c1-4-5-14(6-7-15-10-14)12(17)16-9-11-8-13(11,2)3/h11,15H,4-10H2,1-3H3,(H,16,17). The first-order chi connectivity index (χ1) is 8.00. The summed E-state index contributed by atoms with van der Waals surface area (Å²) in [4.78, 5) is 12.3. The highest BCUT2D eigenvalue weighted by Crippen LogP contribution is 2.51. The summed E-state index contributed by atoms with van der Waals surface area (Å²) in [6.45, 7) is 9.45. The van der Waals surface area contributed by atoms with Crippen LogP contribution < -0.4 is 10.6 Å². The minimum absolute atomic E-state index is 0.117. The summed E-state index contributed by atoms with van der Waals surface area (Å²) < 4.78 is 0. The average Bonchev–Trinajstić information content (AvgIpc) is 2.70. The minimum Gasteiger partial charge on any atom is -0.355 e. The molecule has 0 spiro atoms. The van der Waals surface area contributed by atoms with E-state index in [1.165, 1.54) is 6.42 Å². The van der Waals surface area contributed by atoms with E-state index in [-0.39, 0.29) is 11.3 Å². The second kappa shape index (κ2) is 4.60. The van der Waals surface area contributed by atoms with Gasteiger partial charge in [-0.3, -0.25) is 4.79 Å². The van der Waals surface area contributed by atoms with Crippen molar-refractivity contribution >= 4 is 5.91 Å². The number of carbonyl (C=O) groups excluding carboxylic acids is 1. The molecule has 2 rings (SSSR count). The lowest BCUT2D eigenvalue weighted by Crippen LogP contribution is -2.43. The third-order valence-electron chi connectivity index (χ3n) is 4.68. The van der Waals surface area contributed by atoms with Crippen LogP contribution in [0.3, 0.4) is 0 Å². The van der Waals surface area contributed by atoms with Crippen LogP contribution >= 0.6 is 0 Å². The summed E-state index contributed by atoms with van der Waals surface area (Å²) in [5, 5.41) is 6.53. The topological polar surface area (TPSA) is 41.1 Å². The zero-order valence-corrected chi connectivity index (χ0v) is 11.4. The fourth-order valence-electron chi connectivity index (χ4n) is 3.07. The third-order valence-corrected chi connectivity index (χ3v) is 4.68. The maximum atomic E-state index is 12.3. The number of hydrogen-bond acceptors (Lipinski definition) is 2. The fraction of sp³-hybridized carbons (Fsp3) is 0.929. The van der Waals surface area contributed by atoms with E-state index in [2.05, 4.69) is 31.4 Å². The van der Waals surface area contributed by atoms with Gasteiger partial charge in [0.1, 0.15) is 0 Å². The summed E-state index contributed by atoms with van der Waals surface area (Å²) in [7, 11) is 0. The molecule has 2 fully saturated rings. The molecule has 2 unspecified atom stereocenters. The first kappa shape index (κ1) is 12.9. The Morgan fingerprint density at radius 2 is 2.18 bits per heavy atom. The van der Waals surface area contributed by atoms with Crippen molar-refractivity contribution in [1.29, 1.82) is 0 Å². The molecule has 3 heteroatoms. The lowest BCUT2D eigenvalue weighted by molar-refractivity contribution is -0.130. The Bertz CT molecular complexity index is 293. The lowest BCUT2D eigenvalue weighted by atomic mass is 9.81. The molecule has 0 aromatic rings. The van der Waals surface area contributed by atoms with Gasteiger partial charge in [0.25, 0.3) is 0 Å². The maximum absolute atomic E-state index is 12.3. The van der Waals surface area contributed by atoms with E-state index in [0.717, 1.165) is 38.9 Å². The Morgan fingerprint density at radius 1 is 1.47 bits per heavy atom. The minimum atomic E-state index is -0.117. The molecule has 2 atom stereocenters. The van der Waals surface area contributed by atoms with Crippen LogP contribution in [0.1, 0.15) is 46.5 Å². The van der Waals surface area contributed by atoms with Crippen LogP contribution in [0.2, 0.25) is 0 Å². The van der Waals surface area contributed by atoms with Crippen molar-refractivity contribution in [3.63, 3.8) is 0 Å². The summed E-state index contributed by atoms with van der Waals surface area (Å²) >= 11 is 0. The molecule has 1 heterocycles. The largest absolute Gasteiger partial charge is 0.355 e. The van der Waals surface area contributed by atoms with Gasteiger partial charge in [0, 0.05) is 13.1 Å². The van der Waals surface area contributed by atoms with Gasteiger partial charge in [-0.05, 0) is 37.1 Å². The van der Waals surface area contributed by atoms with Crippen molar-refractivity contribution in [2.24, 2.45) is 16.7 Å². The van der Waals surface area contributed by atoms with E-state index < -0.39 is 0 Å². The van der Waals surface area contributed by atoms with E-state index in [9.17, 15) is 4.79 Å². The SMILES string of the molecule is CCCC1(C(=O)NCC2CC2(C)C)CCNC1. The van der Waals surface area contributed by atoms with Gasteiger partial charge in [-0.2, -0.15) is 0 Å². The molecule has 1 saturated heterocycles. The molecule has 1 aliphatic heterocycles. The number of amides is 1. The Kier molecular flexibility index (Phi) is 3.48. The van der Waals surface area contributed by atoms with Crippen molar-refractivity contribution in [2.45, 2.75) is 46.5 Å². The van der Waals surface area contributed by atoms with Crippen molar-refractivity contribution in [2.75, 3.05) is 19.6 Å². The molecule has 98 valence electrons. The van der Waals surface area contributed by atoms with Crippen LogP contribution in [0.25, 0.3) is 0 Å². The van der Waals surface area contributed by atoms with Crippen molar-refractivity contribution < 1.29 is 4.79 Å². The summed E-state index contributed by atoms with van der Waals surface area (Å²) in [6, 6.07) is 0. The predicted octanol–water partition coefficient (Wildman–Crippen LogP) is 1.93. The highest BCUT2D eigenvalue weighted by molar-refractivity contribution is 5.83. The second-order valence-corrected chi connectivity index (χ2v) is 6.56. The molecule has 17 heavy (non-hydrogen) atoms. The van der Waals surface area contributed by atoms with E-state index in [1.807, 2.05) is 0 Å². The zero-order valence-electron chi connectivity index (χ0n) is 11.4. The highest BCUT2D eigenvalue weighted by Gasteiger charge is 2.46. The summed E-state index contributed by atoms with van der Waals surface area (Å²) in [5.41, 5.74) is 0.340. The highest BCUT2D eigenvalue weighted by atomic mass is 16.2. The summed E-state index contributed by atoms with van der Waals surface area (Å²) in [5.74, 6) is 0.978. The van der Waals surface area contributed by atoms with Crippen molar-refractivity contribution in [3.8, 4) is 0 Å². The lowest BCUT2D eigenvalue weighted by Gasteiger charge is -2.26. The van der Waals surface area contributed by atoms with Crippen LogP contribution in [0.5, 0.6) is 0 Å². The predicted molar refractivity (Wildman–Crippen MR) is 69.7 cm³/mol. The molecule has 1 aliphatic carbocycles. The van der Waals surface area contributed by atoms with Crippen LogP contribution in [0.15, 0.2) is 0 Å². The van der Waals surface area contributed by atoms with Gasteiger partial charge in [0.05, 0.1) is 5.41 Å². The Morgan fingerprint density at radius 3 is 2.65 bits per heavy atom. The van der Waals surface area contributed by atoms with E-state index in [1.54, 1.807) is 0 Å². The summed E-state index contributed by atoms with van der Waals surface area (Å²) in [6.07, 6.45) is 4.36. The van der Waals surface area contributed by atoms with Gasteiger partial charge in [-0.1, -0.05) is 27.2 Å². The molecular weight excluding hydrogens is 212 g/mol. The average molecular weight is 238 g/mol. The van der Waals surface area contributed by atoms with Gasteiger partial charge in [0.2, 0.25) is 5.91 Å². The Hall–Kier alpha value is -0.570. The van der Waals surface area contributed by atoms with Crippen LogP contribution in [-0.2, 0) is 4.79 Å². The first-order valence-corrected chi connectivity index (χ1v) is 6.99. The number of hydrogen-bond donors (Lipinski definition) is 2. The molecule has 3 nitrogen and oxygen atoms in total. The smallest absolute Gasteiger partial charge is 0.227 e. The molecule has 0 aromatic carbocycles. The van der Waals surface area contributed by atoms with Crippen LogP contribution in [-0.4, -0.2) is 25.5 Å². The van der Waals surface area contributed by atoms with Gasteiger partial charge in [-0.25, -0.2) is 0 Å². The molecule has 1 amide bonds. The van der Waals surface area contributed by atoms with Crippen molar-refractivity contribution in [1.82, 2.24) is 10.6 Å². The maximum Gasteiger partial charge on any atom is 0.227 e. The van der Waals surface area contributed by atoms with E-state index in [0.29, 0.717) is 11.3 Å². The third kappa shape index (κ3) is 2.65. The quantitative estimate of drug-likeness (QED) is 0.768. The van der Waals surface area contributed by atoms with Gasteiger partial charge in [0.15, 0.2) is 0 Å². The van der Waals surface area contributed by atoms with Gasteiger partial charge < -0.3 is 10.6 Å². The Labute approximate surface area is 105 Å². The normalized spacial score (nSPS) is 34.6. The molecular formula is C14H26N2O. The number of carbonyl (C=O) groups is 1. The molecule has 0 radical (unpaired) electrons. The molecule has 2 N–H and O–H groups in total. The number of rotatable bonds is 5. The molecule has 1 saturated carbocycles. The molecule has 0 bridgehead atoms.